The highest BCUT2D eigenvalue weighted by Crippen LogP contribution is 2.30. The molecule has 1 N–H and O–H groups in total. The molecule has 1 amide bonds. The van der Waals surface area contributed by atoms with E-state index < -0.39 is 12.1 Å². The van der Waals surface area contributed by atoms with E-state index in [1.807, 2.05) is 25.1 Å². The Morgan fingerprint density at radius 1 is 1.19 bits per heavy atom. The van der Waals surface area contributed by atoms with Gasteiger partial charge in [-0.3, -0.25) is 4.79 Å². The van der Waals surface area contributed by atoms with Crippen molar-refractivity contribution in [3.63, 3.8) is 0 Å². The molecule has 1 aliphatic carbocycles. The standard InChI is InChI=1S/C20H23NO4S/c1-12-8-9-16(24-3)15(10-12)21-19(22)13(2)25-20(23)18-11-14-6-4-5-7-17(14)26-18/h8-11,13H,4-7H2,1-3H3,(H,21,22)/t13-/m1/s1. The number of thiophene rings is 1. The molecule has 1 aromatic heterocycles. The number of aryl methyl sites for hydroxylation is 3. The zero-order valence-electron chi connectivity index (χ0n) is 15.3. The third-order valence-corrected chi connectivity index (χ3v) is 5.68. The highest BCUT2D eigenvalue weighted by atomic mass is 32.1. The number of hydrogen-bond acceptors (Lipinski definition) is 5. The van der Waals surface area contributed by atoms with E-state index in [1.165, 1.54) is 28.2 Å². The van der Waals surface area contributed by atoms with E-state index in [0.29, 0.717) is 16.3 Å². The lowest BCUT2D eigenvalue weighted by Gasteiger charge is -2.15. The summed E-state index contributed by atoms with van der Waals surface area (Å²) >= 11 is 1.48. The molecular formula is C20H23NO4S. The molecule has 1 heterocycles. The first-order valence-corrected chi connectivity index (χ1v) is 9.57. The van der Waals surface area contributed by atoms with Crippen LogP contribution >= 0.6 is 11.3 Å². The average molecular weight is 373 g/mol. The zero-order valence-corrected chi connectivity index (χ0v) is 16.1. The number of rotatable bonds is 5. The van der Waals surface area contributed by atoms with Crippen LogP contribution in [0.1, 0.15) is 45.4 Å². The van der Waals surface area contributed by atoms with Crippen LogP contribution in [0.2, 0.25) is 0 Å². The van der Waals surface area contributed by atoms with Gasteiger partial charge < -0.3 is 14.8 Å². The molecule has 0 saturated carbocycles. The van der Waals surface area contributed by atoms with Crippen LogP contribution in [0, 0.1) is 6.92 Å². The Morgan fingerprint density at radius 2 is 1.96 bits per heavy atom. The van der Waals surface area contributed by atoms with Crippen LogP contribution in [-0.2, 0) is 22.4 Å². The number of anilines is 1. The molecule has 0 saturated heterocycles. The summed E-state index contributed by atoms with van der Waals surface area (Å²) in [4.78, 5) is 26.6. The summed E-state index contributed by atoms with van der Waals surface area (Å²) < 4.78 is 10.6. The highest BCUT2D eigenvalue weighted by Gasteiger charge is 2.23. The molecular weight excluding hydrogens is 350 g/mol. The molecule has 0 unspecified atom stereocenters. The van der Waals surface area contributed by atoms with Gasteiger partial charge in [0.25, 0.3) is 5.91 Å². The normalized spacial score (nSPS) is 14.3. The first kappa shape index (κ1) is 18.5. The van der Waals surface area contributed by atoms with Crippen LogP contribution < -0.4 is 10.1 Å². The molecule has 1 atom stereocenters. The van der Waals surface area contributed by atoms with Crippen LogP contribution in [0.5, 0.6) is 5.75 Å². The van der Waals surface area contributed by atoms with Crippen LogP contribution in [0.25, 0.3) is 0 Å². The molecule has 0 spiro atoms. The van der Waals surface area contributed by atoms with Crippen LogP contribution in [0.4, 0.5) is 5.69 Å². The highest BCUT2D eigenvalue weighted by molar-refractivity contribution is 7.14. The number of esters is 1. The minimum Gasteiger partial charge on any atom is -0.495 e. The van der Waals surface area contributed by atoms with E-state index in [1.54, 1.807) is 20.1 Å². The van der Waals surface area contributed by atoms with E-state index >= 15 is 0 Å². The summed E-state index contributed by atoms with van der Waals surface area (Å²) in [6.45, 7) is 3.50. The molecule has 1 aromatic carbocycles. The van der Waals surface area contributed by atoms with E-state index in [0.717, 1.165) is 24.8 Å². The Hall–Kier alpha value is -2.34. The van der Waals surface area contributed by atoms with Crippen molar-refractivity contribution in [2.75, 3.05) is 12.4 Å². The first-order chi connectivity index (χ1) is 12.5. The number of amides is 1. The summed E-state index contributed by atoms with van der Waals surface area (Å²) in [6.07, 6.45) is 3.47. The molecule has 5 nitrogen and oxygen atoms in total. The Kier molecular flexibility index (Phi) is 5.61. The van der Waals surface area contributed by atoms with E-state index in [-0.39, 0.29) is 5.91 Å². The fourth-order valence-electron chi connectivity index (χ4n) is 3.02. The summed E-state index contributed by atoms with van der Waals surface area (Å²) in [5, 5.41) is 2.77. The van der Waals surface area contributed by atoms with Crippen molar-refractivity contribution in [1.29, 1.82) is 0 Å². The Morgan fingerprint density at radius 3 is 2.69 bits per heavy atom. The maximum atomic E-state index is 12.4. The van der Waals surface area contributed by atoms with Crippen molar-refractivity contribution in [1.82, 2.24) is 0 Å². The smallest absolute Gasteiger partial charge is 0.349 e. The van der Waals surface area contributed by atoms with Gasteiger partial charge in [0, 0.05) is 4.88 Å². The second-order valence-electron chi connectivity index (χ2n) is 6.51. The van der Waals surface area contributed by atoms with Gasteiger partial charge in [-0.2, -0.15) is 0 Å². The summed E-state index contributed by atoms with van der Waals surface area (Å²) in [5.41, 5.74) is 2.80. The zero-order chi connectivity index (χ0) is 18.7. The van der Waals surface area contributed by atoms with E-state index in [2.05, 4.69) is 5.32 Å². The summed E-state index contributed by atoms with van der Waals surface area (Å²) in [6, 6.07) is 7.42. The van der Waals surface area contributed by atoms with E-state index in [9.17, 15) is 9.59 Å². The average Bonchev–Trinajstić information content (AvgIpc) is 3.06. The number of fused-ring (bicyclic) bond motifs is 1. The lowest BCUT2D eigenvalue weighted by molar-refractivity contribution is -0.123. The third kappa shape index (κ3) is 4.07. The van der Waals surface area contributed by atoms with Gasteiger partial charge in [0.2, 0.25) is 0 Å². The van der Waals surface area contributed by atoms with Crippen molar-refractivity contribution in [3.8, 4) is 5.75 Å². The van der Waals surface area contributed by atoms with Crippen molar-refractivity contribution in [2.45, 2.75) is 45.6 Å². The van der Waals surface area contributed by atoms with Crippen LogP contribution in [-0.4, -0.2) is 25.1 Å². The second kappa shape index (κ2) is 7.91. The molecule has 138 valence electrons. The maximum Gasteiger partial charge on any atom is 0.349 e. The Balaban J connectivity index is 1.64. The number of benzene rings is 1. The predicted molar refractivity (Wildman–Crippen MR) is 102 cm³/mol. The molecule has 0 aliphatic heterocycles. The minimum atomic E-state index is -0.896. The number of hydrogen-bond donors (Lipinski definition) is 1. The molecule has 1 aliphatic rings. The van der Waals surface area contributed by atoms with Crippen LogP contribution in [0.15, 0.2) is 24.3 Å². The SMILES string of the molecule is COc1ccc(C)cc1NC(=O)[C@@H](C)OC(=O)c1cc2c(s1)CCCC2. The van der Waals surface area contributed by atoms with Crippen LogP contribution in [0.3, 0.4) is 0 Å². The molecule has 0 fully saturated rings. The van der Waals surface area contributed by atoms with Gasteiger partial charge in [-0.05, 0) is 68.9 Å². The van der Waals surface area contributed by atoms with Gasteiger partial charge in [0.15, 0.2) is 6.10 Å². The quantitative estimate of drug-likeness (QED) is 0.801. The van der Waals surface area contributed by atoms with Crippen molar-refractivity contribution in [3.05, 3.63) is 45.1 Å². The van der Waals surface area contributed by atoms with Gasteiger partial charge >= 0.3 is 5.97 Å². The number of carbonyl (C=O) groups is 2. The predicted octanol–water partition coefficient (Wildman–Crippen LogP) is 4.13. The molecule has 26 heavy (non-hydrogen) atoms. The lowest BCUT2D eigenvalue weighted by Crippen LogP contribution is -2.30. The molecule has 0 radical (unpaired) electrons. The number of carbonyl (C=O) groups excluding carboxylic acids is 2. The first-order valence-electron chi connectivity index (χ1n) is 8.76. The molecule has 2 aromatic rings. The lowest BCUT2D eigenvalue weighted by atomic mass is 9.99. The molecule has 3 rings (SSSR count). The fourth-order valence-corrected chi connectivity index (χ4v) is 4.15. The van der Waals surface area contributed by atoms with Crippen molar-refractivity contribution < 1.29 is 19.1 Å². The van der Waals surface area contributed by atoms with Crippen molar-refractivity contribution in [2.24, 2.45) is 0 Å². The minimum absolute atomic E-state index is 0.386. The molecule has 6 heteroatoms. The maximum absolute atomic E-state index is 12.4. The summed E-state index contributed by atoms with van der Waals surface area (Å²) in [7, 11) is 1.54. The van der Waals surface area contributed by atoms with Gasteiger partial charge in [0.05, 0.1) is 12.8 Å². The van der Waals surface area contributed by atoms with Gasteiger partial charge in [-0.15, -0.1) is 11.3 Å². The summed E-state index contributed by atoms with van der Waals surface area (Å²) in [5.74, 6) is -0.264. The Bertz CT molecular complexity index is 804. The van der Waals surface area contributed by atoms with Gasteiger partial charge in [-0.25, -0.2) is 4.79 Å². The topological polar surface area (TPSA) is 64.6 Å². The number of ether oxygens (including phenoxy) is 2. The third-order valence-electron chi connectivity index (χ3n) is 4.46. The number of methoxy groups -OCH3 is 1. The van der Waals surface area contributed by atoms with Crippen molar-refractivity contribution >= 4 is 28.9 Å². The Labute approximate surface area is 157 Å². The van der Waals surface area contributed by atoms with Gasteiger partial charge in [0.1, 0.15) is 10.6 Å². The second-order valence-corrected chi connectivity index (χ2v) is 7.64. The fraction of sp³-hybridized carbons (Fsp3) is 0.400. The monoisotopic (exact) mass is 373 g/mol. The van der Waals surface area contributed by atoms with E-state index in [4.69, 9.17) is 9.47 Å². The number of nitrogens with one attached hydrogen (secondary N) is 1. The largest absolute Gasteiger partial charge is 0.495 e. The van der Waals surface area contributed by atoms with Gasteiger partial charge in [-0.1, -0.05) is 6.07 Å². The molecule has 0 bridgehead atoms.